The van der Waals surface area contributed by atoms with Crippen molar-refractivity contribution in [3.05, 3.63) is 93.3 Å². The second-order valence-corrected chi connectivity index (χ2v) is 10.9. The Labute approximate surface area is 224 Å². The van der Waals surface area contributed by atoms with Crippen LogP contribution >= 0.6 is 11.6 Å². The molecule has 10 heteroatoms. The van der Waals surface area contributed by atoms with Crippen molar-refractivity contribution in [1.29, 1.82) is 5.26 Å². The van der Waals surface area contributed by atoms with E-state index >= 15 is 4.39 Å². The zero-order chi connectivity index (χ0) is 27.3. The Bertz CT molecular complexity index is 1430. The van der Waals surface area contributed by atoms with Gasteiger partial charge in [-0.1, -0.05) is 23.7 Å². The van der Waals surface area contributed by atoms with Gasteiger partial charge in [-0.25, -0.2) is 14.4 Å². The third-order valence-corrected chi connectivity index (χ3v) is 7.49. The highest BCUT2D eigenvalue weighted by molar-refractivity contribution is 6.30. The number of nitriles is 1. The number of rotatable bonds is 8. The van der Waals surface area contributed by atoms with Gasteiger partial charge in [-0.2, -0.15) is 5.26 Å². The highest BCUT2D eigenvalue weighted by Crippen LogP contribution is 2.52. The first-order valence-electron chi connectivity index (χ1n) is 12.1. The lowest BCUT2D eigenvalue weighted by Gasteiger charge is -2.40. The number of amides is 1. The van der Waals surface area contributed by atoms with Crippen molar-refractivity contribution in [2.45, 2.75) is 44.6 Å². The Morgan fingerprint density at radius 2 is 1.87 bits per heavy atom. The molecule has 2 N–H and O–H groups in total. The van der Waals surface area contributed by atoms with Crippen LogP contribution in [0.3, 0.4) is 0 Å². The monoisotopic (exact) mass is 536 g/mol. The minimum absolute atomic E-state index is 0.000192. The average molecular weight is 537 g/mol. The number of carbonyl (C=O) groups is 1. The summed E-state index contributed by atoms with van der Waals surface area (Å²) in [4.78, 5) is 23.8. The fourth-order valence-electron chi connectivity index (χ4n) is 4.71. The number of fused-ring (bicyclic) bond motifs is 1. The molecule has 0 saturated heterocycles. The first kappa shape index (κ1) is 26.2. The lowest BCUT2D eigenvalue weighted by molar-refractivity contribution is -0.131. The summed E-state index contributed by atoms with van der Waals surface area (Å²) >= 11 is 6.17. The fraction of sp³-hybridized carbons (Fsp3) is 0.357. The number of hydrogen-bond donors (Lipinski definition) is 2. The van der Waals surface area contributed by atoms with E-state index in [9.17, 15) is 15.0 Å². The second kappa shape index (κ2) is 9.40. The molecule has 0 unspecified atom stereocenters. The molecule has 1 saturated carbocycles. The molecule has 1 aliphatic heterocycles. The van der Waals surface area contributed by atoms with Gasteiger partial charge in [0.05, 0.1) is 42.0 Å². The van der Waals surface area contributed by atoms with E-state index in [-0.39, 0.29) is 47.8 Å². The third kappa shape index (κ3) is 4.44. The Morgan fingerprint density at radius 1 is 1.21 bits per heavy atom. The van der Waals surface area contributed by atoms with Crippen molar-refractivity contribution in [3.63, 3.8) is 0 Å². The first-order chi connectivity index (χ1) is 18.0. The minimum Gasteiger partial charge on any atom is -0.396 e. The van der Waals surface area contributed by atoms with Gasteiger partial charge < -0.3 is 14.9 Å². The van der Waals surface area contributed by atoms with Crippen LogP contribution in [0.25, 0.3) is 0 Å². The van der Waals surface area contributed by atoms with Gasteiger partial charge in [0, 0.05) is 28.4 Å². The molecule has 3 aromatic rings. The van der Waals surface area contributed by atoms with Gasteiger partial charge in [0.25, 0.3) is 5.91 Å². The molecule has 8 nitrogen and oxygen atoms in total. The quantitative estimate of drug-likeness (QED) is 0.446. The van der Waals surface area contributed by atoms with Gasteiger partial charge in [0.1, 0.15) is 17.7 Å². The van der Waals surface area contributed by atoms with Gasteiger partial charge >= 0.3 is 0 Å². The summed E-state index contributed by atoms with van der Waals surface area (Å²) in [5.74, 6) is -1.04. The molecule has 1 atom stereocenters. The van der Waals surface area contributed by atoms with Crippen LogP contribution in [0.5, 0.6) is 0 Å². The van der Waals surface area contributed by atoms with E-state index in [1.165, 1.54) is 43.3 Å². The van der Waals surface area contributed by atoms with Crippen LogP contribution in [0.4, 0.5) is 4.39 Å². The van der Waals surface area contributed by atoms with Crippen LogP contribution in [0.2, 0.25) is 5.02 Å². The van der Waals surface area contributed by atoms with Crippen LogP contribution in [0, 0.1) is 22.6 Å². The van der Waals surface area contributed by atoms with Crippen LogP contribution in [0.1, 0.15) is 65.1 Å². The van der Waals surface area contributed by atoms with E-state index < -0.39 is 28.5 Å². The van der Waals surface area contributed by atoms with Crippen LogP contribution < -0.4 is 0 Å². The van der Waals surface area contributed by atoms with Crippen LogP contribution in [-0.4, -0.2) is 44.2 Å². The maximum atomic E-state index is 16.1. The molecule has 1 fully saturated rings. The Kier molecular flexibility index (Phi) is 6.48. The Hall–Kier alpha value is -3.42. The van der Waals surface area contributed by atoms with Gasteiger partial charge in [-0.15, -0.1) is 0 Å². The van der Waals surface area contributed by atoms with Crippen molar-refractivity contribution in [1.82, 2.24) is 14.9 Å². The largest absolute Gasteiger partial charge is 0.396 e. The minimum atomic E-state index is -1.73. The Morgan fingerprint density at radius 3 is 2.42 bits per heavy atom. The summed E-state index contributed by atoms with van der Waals surface area (Å²) in [7, 11) is 0. The third-order valence-electron chi connectivity index (χ3n) is 7.24. The first-order valence-corrected chi connectivity index (χ1v) is 12.5. The van der Waals surface area contributed by atoms with E-state index in [1.54, 1.807) is 24.3 Å². The highest BCUT2D eigenvalue weighted by atomic mass is 35.5. The number of halogens is 2. The normalized spacial score (nSPS) is 19.8. The second-order valence-electron chi connectivity index (χ2n) is 10.4. The van der Waals surface area contributed by atoms with Gasteiger partial charge in [-0.3, -0.25) is 9.69 Å². The number of nitrogens with zero attached hydrogens (tertiary/aromatic N) is 4. The number of aliphatic hydroxyl groups is 2. The molecular formula is C28H26ClFN4O4. The van der Waals surface area contributed by atoms with Crippen molar-refractivity contribution in [3.8, 4) is 6.07 Å². The van der Waals surface area contributed by atoms with Crippen molar-refractivity contribution < 1.29 is 24.1 Å². The number of aliphatic hydroxyl groups excluding tert-OH is 1. The molecule has 2 heterocycles. The van der Waals surface area contributed by atoms with Gasteiger partial charge in [0.15, 0.2) is 5.72 Å². The van der Waals surface area contributed by atoms with Gasteiger partial charge in [-0.05, 0) is 56.5 Å². The SMILES string of the molecule is CC(C)(O)c1cc(F)c2c(c1)C(=O)N(Cc1ncc(C#N)cn1)[C@@]2(OCC1(CO)CC1)c1ccc(Cl)cc1. The summed E-state index contributed by atoms with van der Waals surface area (Å²) in [5.41, 5.74) is -2.64. The van der Waals surface area contributed by atoms with Crippen molar-refractivity contribution >= 4 is 17.5 Å². The highest BCUT2D eigenvalue weighted by Gasteiger charge is 2.56. The summed E-state index contributed by atoms with van der Waals surface area (Å²) in [6.07, 6.45) is 4.16. The molecule has 5 rings (SSSR count). The van der Waals surface area contributed by atoms with Crippen LogP contribution in [-0.2, 0) is 22.6 Å². The number of carbonyl (C=O) groups excluding carboxylic acids is 1. The van der Waals surface area contributed by atoms with Gasteiger partial charge in [0.2, 0.25) is 0 Å². The lowest BCUT2D eigenvalue weighted by Crippen LogP contribution is -2.48. The molecule has 0 spiro atoms. The summed E-state index contributed by atoms with van der Waals surface area (Å²) in [5, 5.41) is 30.1. The number of hydrogen-bond acceptors (Lipinski definition) is 7. The predicted molar refractivity (Wildman–Crippen MR) is 135 cm³/mol. The standard InChI is InChI=1S/C28H26ClFN4O4/c1-26(2,37)19-9-21-24(22(30)10-19)28(18-3-5-20(29)6-4-18,38-16-27(15-35)7-8-27)34(25(21)36)14-23-32-12-17(11-31)13-33-23/h3-6,9-10,12-13,35,37H,7-8,14-16H2,1-2H3/t28-/m1/s1. The van der Waals surface area contributed by atoms with Crippen LogP contribution in [0.15, 0.2) is 48.8 Å². The topological polar surface area (TPSA) is 120 Å². The molecule has 1 amide bonds. The smallest absolute Gasteiger partial charge is 0.257 e. The van der Waals surface area contributed by atoms with Crippen molar-refractivity contribution in [2.75, 3.05) is 13.2 Å². The number of benzene rings is 2. The predicted octanol–water partition coefficient (Wildman–Crippen LogP) is 4.01. The van der Waals surface area contributed by atoms with E-state index in [2.05, 4.69) is 9.97 Å². The maximum Gasteiger partial charge on any atom is 0.257 e. The lowest BCUT2D eigenvalue weighted by atomic mass is 9.88. The molecular weight excluding hydrogens is 511 g/mol. The molecule has 2 aromatic carbocycles. The summed E-state index contributed by atoms with van der Waals surface area (Å²) in [6, 6.07) is 11.2. The molecule has 2 aliphatic rings. The fourth-order valence-corrected chi connectivity index (χ4v) is 4.83. The van der Waals surface area contributed by atoms with E-state index in [0.717, 1.165) is 12.8 Å². The maximum absolute atomic E-state index is 16.1. The zero-order valence-electron chi connectivity index (χ0n) is 20.9. The number of aromatic nitrogens is 2. The molecule has 0 radical (unpaired) electrons. The molecule has 38 heavy (non-hydrogen) atoms. The average Bonchev–Trinajstić information content (AvgIpc) is 3.64. The van der Waals surface area contributed by atoms with E-state index in [0.29, 0.717) is 10.6 Å². The molecule has 1 aromatic heterocycles. The molecule has 196 valence electrons. The zero-order valence-corrected chi connectivity index (χ0v) is 21.7. The molecule has 0 bridgehead atoms. The van der Waals surface area contributed by atoms with E-state index in [4.69, 9.17) is 21.6 Å². The molecule has 1 aliphatic carbocycles. The summed E-state index contributed by atoms with van der Waals surface area (Å²) < 4.78 is 22.7. The number of ether oxygens (including phenoxy) is 1. The van der Waals surface area contributed by atoms with Crippen molar-refractivity contribution in [2.24, 2.45) is 5.41 Å². The Balaban J connectivity index is 1.73. The van der Waals surface area contributed by atoms with E-state index in [1.807, 2.05) is 6.07 Å². The summed E-state index contributed by atoms with van der Waals surface area (Å²) in [6.45, 7) is 2.82.